The number of pyridine rings is 2. The van der Waals surface area contributed by atoms with Crippen LogP contribution in [0.25, 0.3) is 10.9 Å². The van der Waals surface area contributed by atoms with E-state index in [4.69, 9.17) is 20.2 Å². The number of carbonyl (C=O) groups is 1. The Morgan fingerprint density at radius 1 is 1.13 bits per heavy atom. The predicted octanol–water partition coefficient (Wildman–Crippen LogP) is 3.56. The summed E-state index contributed by atoms with van der Waals surface area (Å²) in [4.78, 5) is 23.8. The van der Waals surface area contributed by atoms with Gasteiger partial charge in [-0.25, -0.2) is 0 Å². The Balaban J connectivity index is 1.55. The van der Waals surface area contributed by atoms with Gasteiger partial charge in [-0.3, -0.25) is 14.8 Å². The second-order valence-electron chi connectivity index (χ2n) is 7.57. The third kappa shape index (κ3) is 3.63. The highest BCUT2D eigenvalue weighted by Gasteiger charge is 2.27. The number of rotatable bonds is 4. The first kappa shape index (κ1) is 19.9. The van der Waals surface area contributed by atoms with Crippen LogP contribution in [0, 0.1) is 6.92 Å². The third-order valence-electron chi connectivity index (χ3n) is 5.79. The summed E-state index contributed by atoms with van der Waals surface area (Å²) in [5, 5.41) is 0.911. The molecule has 30 heavy (non-hydrogen) atoms. The maximum absolute atomic E-state index is 12.9. The molecule has 1 aliphatic rings. The minimum absolute atomic E-state index is 0.0373. The number of carbonyl (C=O) groups excluding carboxylic acids is 1. The van der Waals surface area contributed by atoms with Gasteiger partial charge in [-0.05, 0) is 44.0 Å². The third-order valence-corrected chi connectivity index (χ3v) is 5.79. The van der Waals surface area contributed by atoms with E-state index in [-0.39, 0.29) is 11.8 Å². The Labute approximate surface area is 175 Å². The number of likely N-dealkylation sites (tertiary alicyclic amines) is 1. The molecule has 0 aliphatic carbocycles. The molecule has 0 saturated carbocycles. The summed E-state index contributed by atoms with van der Waals surface area (Å²) in [5.41, 5.74) is 10.2. The number of aromatic nitrogens is 2. The van der Waals surface area contributed by atoms with Crippen molar-refractivity contribution in [1.82, 2.24) is 14.9 Å². The average Bonchev–Trinajstić information content (AvgIpc) is 2.77. The van der Waals surface area contributed by atoms with E-state index in [0.717, 1.165) is 35.1 Å². The minimum Gasteiger partial charge on any atom is -0.493 e. The number of anilines is 1. The Kier molecular flexibility index (Phi) is 5.44. The number of nitrogens with zero attached hydrogens (tertiary/aromatic N) is 3. The SMILES string of the molecule is COc1cc2cc(N)c(C3CCN(C(=O)c4cccnc4C)CC3)nc2cc1OC. The van der Waals surface area contributed by atoms with Crippen LogP contribution in [-0.4, -0.2) is 48.1 Å². The van der Waals surface area contributed by atoms with E-state index in [0.29, 0.717) is 35.8 Å². The lowest BCUT2D eigenvalue weighted by molar-refractivity contribution is 0.0711. The molecule has 1 aliphatic heterocycles. The topological polar surface area (TPSA) is 90.6 Å². The van der Waals surface area contributed by atoms with Gasteiger partial charge >= 0.3 is 0 Å². The average molecular weight is 406 g/mol. The summed E-state index contributed by atoms with van der Waals surface area (Å²) < 4.78 is 10.8. The summed E-state index contributed by atoms with van der Waals surface area (Å²) in [6.45, 7) is 3.20. The second kappa shape index (κ2) is 8.18. The standard InChI is InChI=1S/C23H26N4O3/c1-14-17(5-4-8-25-14)23(28)27-9-6-15(7-10-27)22-18(24)11-16-12-20(29-2)21(30-3)13-19(16)26-22/h4-5,8,11-13,15H,6-7,9-10,24H2,1-3H3. The first-order chi connectivity index (χ1) is 14.5. The summed E-state index contributed by atoms with van der Waals surface area (Å²) >= 11 is 0. The zero-order valence-corrected chi connectivity index (χ0v) is 17.5. The number of hydrogen-bond acceptors (Lipinski definition) is 6. The van der Waals surface area contributed by atoms with Crippen LogP contribution < -0.4 is 15.2 Å². The molecule has 4 rings (SSSR count). The van der Waals surface area contributed by atoms with Crippen LogP contribution in [0.3, 0.4) is 0 Å². The zero-order valence-electron chi connectivity index (χ0n) is 17.5. The molecule has 0 unspecified atom stereocenters. The molecule has 0 spiro atoms. The molecule has 1 amide bonds. The van der Waals surface area contributed by atoms with Crippen LogP contribution in [0.5, 0.6) is 11.5 Å². The molecule has 3 aromatic rings. The lowest BCUT2D eigenvalue weighted by Crippen LogP contribution is -2.38. The number of aryl methyl sites for hydroxylation is 1. The number of amides is 1. The van der Waals surface area contributed by atoms with Gasteiger partial charge in [0.05, 0.1) is 36.7 Å². The van der Waals surface area contributed by atoms with Crippen molar-refractivity contribution in [3.63, 3.8) is 0 Å². The molecule has 0 radical (unpaired) electrons. The maximum Gasteiger partial charge on any atom is 0.255 e. The van der Waals surface area contributed by atoms with Crippen molar-refractivity contribution in [2.24, 2.45) is 0 Å². The number of hydrogen-bond donors (Lipinski definition) is 1. The van der Waals surface area contributed by atoms with Crippen LogP contribution in [-0.2, 0) is 0 Å². The fourth-order valence-corrected chi connectivity index (χ4v) is 4.10. The minimum atomic E-state index is 0.0373. The quantitative estimate of drug-likeness (QED) is 0.712. The smallest absolute Gasteiger partial charge is 0.255 e. The monoisotopic (exact) mass is 406 g/mol. The molecule has 2 N–H and O–H groups in total. The molecular weight excluding hydrogens is 380 g/mol. The molecule has 7 heteroatoms. The molecule has 1 saturated heterocycles. The van der Waals surface area contributed by atoms with Crippen molar-refractivity contribution < 1.29 is 14.3 Å². The van der Waals surface area contributed by atoms with Crippen molar-refractivity contribution in [3.05, 3.63) is 53.5 Å². The Morgan fingerprint density at radius 2 is 1.83 bits per heavy atom. The van der Waals surface area contributed by atoms with Gasteiger partial charge in [-0.1, -0.05) is 0 Å². The Bertz CT molecular complexity index is 1090. The van der Waals surface area contributed by atoms with E-state index in [2.05, 4.69) is 4.98 Å². The number of piperidine rings is 1. The Morgan fingerprint density at radius 3 is 2.50 bits per heavy atom. The lowest BCUT2D eigenvalue weighted by Gasteiger charge is -2.32. The van der Waals surface area contributed by atoms with Gasteiger partial charge in [0.2, 0.25) is 0 Å². The number of fused-ring (bicyclic) bond motifs is 1. The van der Waals surface area contributed by atoms with Gasteiger partial charge in [0.15, 0.2) is 11.5 Å². The van der Waals surface area contributed by atoms with E-state index in [1.165, 1.54) is 0 Å². The molecule has 2 aromatic heterocycles. The van der Waals surface area contributed by atoms with Crippen molar-refractivity contribution >= 4 is 22.5 Å². The maximum atomic E-state index is 12.9. The van der Waals surface area contributed by atoms with Crippen molar-refractivity contribution in [3.8, 4) is 11.5 Å². The van der Waals surface area contributed by atoms with E-state index in [1.54, 1.807) is 26.5 Å². The van der Waals surface area contributed by atoms with Crippen LogP contribution in [0.15, 0.2) is 36.5 Å². The number of ether oxygens (including phenoxy) is 2. The molecule has 1 fully saturated rings. The van der Waals surface area contributed by atoms with Gasteiger partial charge in [0, 0.05) is 42.4 Å². The van der Waals surface area contributed by atoms with Crippen LogP contribution >= 0.6 is 0 Å². The highest BCUT2D eigenvalue weighted by atomic mass is 16.5. The van der Waals surface area contributed by atoms with E-state index >= 15 is 0 Å². The van der Waals surface area contributed by atoms with E-state index < -0.39 is 0 Å². The molecule has 0 atom stereocenters. The summed E-state index contributed by atoms with van der Waals surface area (Å²) in [7, 11) is 3.22. The highest BCUT2D eigenvalue weighted by Crippen LogP contribution is 2.36. The van der Waals surface area contributed by atoms with Gasteiger partial charge < -0.3 is 20.1 Å². The summed E-state index contributed by atoms with van der Waals surface area (Å²) in [6.07, 6.45) is 3.35. The number of benzene rings is 1. The summed E-state index contributed by atoms with van der Waals surface area (Å²) in [6, 6.07) is 9.34. The first-order valence-corrected chi connectivity index (χ1v) is 10.0. The largest absolute Gasteiger partial charge is 0.493 e. The normalized spacial score (nSPS) is 14.7. The zero-order chi connectivity index (χ0) is 21.3. The van der Waals surface area contributed by atoms with Crippen LogP contribution in [0.4, 0.5) is 5.69 Å². The number of nitrogens with two attached hydrogens (primary N) is 1. The van der Waals surface area contributed by atoms with Crippen LogP contribution in [0.2, 0.25) is 0 Å². The van der Waals surface area contributed by atoms with Gasteiger partial charge in [-0.15, -0.1) is 0 Å². The molecule has 156 valence electrons. The van der Waals surface area contributed by atoms with Crippen LogP contribution in [0.1, 0.15) is 40.5 Å². The van der Waals surface area contributed by atoms with Gasteiger partial charge in [0.1, 0.15) is 0 Å². The van der Waals surface area contributed by atoms with Gasteiger partial charge in [0.25, 0.3) is 5.91 Å². The molecular formula is C23H26N4O3. The van der Waals surface area contributed by atoms with E-state index in [9.17, 15) is 4.79 Å². The lowest BCUT2D eigenvalue weighted by atomic mass is 9.91. The highest BCUT2D eigenvalue weighted by molar-refractivity contribution is 5.95. The fourth-order valence-electron chi connectivity index (χ4n) is 4.10. The predicted molar refractivity (Wildman–Crippen MR) is 116 cm³/mol. The fraction of sp³-hybridized carbons (Fsp3) is 0.348. The molecule has 1 aromatic carbocycles. The van der Waals surface area contributed by atoms with Gasteiger partial charge in [-0.2, -0.15) is 0 Å². The summed E-state index contributed by atoms with van der Waals surface area (Å²) in [5.74, 6) is 1.54. The molecule has 7 nitrogen and oxygen atoms in total. The Hall–Kier alpha value is -3.35. The molecule has 0 bridgehead atoms. The van der Waals surface area contributed by atoms with Crippen molar-refractivity contribution in [1.29, 1.82) is 0 Å². The first-order valence-electron chi connectivity index (χ1n) is 10.0. The van der Waals surface area contributed by atoms with E-state index in [1.807, 2.05) is 36.1 Å². The number of methoxy groups -OCH3 is 2. The molecule has 3 heterocycles. The van der Waals surface area contributed by atoms with Crippen molar-refractivity contribution in [2.45, 2.75) is 25.7 Å². The van der Waals surface area contributed by atoms with Crippen molar-refractivity contribution in [2.75, 3.05) is 33.0 Å². The number of nitrogen functional groups attached to an aromatic ring is 1. The second-order valence-corrected chi connectivity index (χ2v) is 7.57.